The molecule has 1 atom stereocenters. The second kappa shape index (κ2) is 6.26. The number of fused-ring (bicyclic) bond motifs is 2. The average Bonchev–Trinajstić information content (AvgIpc) is 3.19. The molecule has 3 aromatic rings. The first-order valence-electron chi connectivity index (χ1n) is 9.77. The smallest absolute Gasteiger partial charge is 0.261 e. The Balaban J connectivity index is 1.48. The highest BCUT2D eigenvalue weighted by Crippen LogP contribution is 2.32. The molecule has 2 aromatic carbocycles. The van der Waals surface area contributed by atoms with Crippen molar-refractivity contribution in [1.29, 1.82) is 0 Å². The molecule has 6 heteroatoms. The predicted molar refractivity (Wildman–Crippen MR) is 109 cm³/mol. The Hall–Kier alpha value is -3.02. The van der Waals surface area contributed by atoms with Crippen LogP contribution in [0.25, 0.3) is 10.9 Å². The van der Waals surface area contributed by atoms with E-state index in [1.165, 1.54) is 0 Å². The Morgan fingerprint density at radius 1 is 1.11 bits per heavy atom. The van der Waals surface area contributed by atoms with Crippen molar-refractivity contribution >= 4 is 16.6 Å². The molecule has 5 rings (SSSR count). The van der Waals surface area contributed by atoms with Crippen LogP contribution < -0.4 is 10.6 Å². The maximum absolute atomic E-state index is 13.0. The van der Waals surface area contributed by atoms with E-state index in [9.17, 15) is 4.79 Å². The lowest BCUT2D eigenvalue weighted by Crippen LogP contribution is -2.36. The molecule has 0 saturated heterocycles. The molecule has 28 heavy (non-hydrogen) atoms. The van der Waals surface area contributed by atoms with Gasteiger partial charge in [0.1, 0.15) is 11.9 Å². The largest absolute Gasteiger partial charge is 0.296 e. The van der Waals surface area contributed by atoms with Crippen molar-refractivity contribution in [2.45, 2.75) is 39.3 Å². The van der Waals surface area contributed by atoms with Crippen LogP contribution in [-0.2, 0) is 13.0 Å². The molecule has 1 unspecified atom stereocenters. The number of hydrogen-bond donors (Lipinski definition) is 0. The minimum Gasteiger partial charge on any atom is -0.296 e. The van der Waals surface area contributed by atoms with E-state index in [0.717, 1.165) is 42.0 Å². The van der Waals surface area contributed by atoms with Crippen LogP contribution in [0.3, 0.4) is 0 Å². The molecule has 2 aliphatic heterocycles. The fourth-order valence-corrected chi connectivity index (χ4v) is 4.09. The molecule has 0 aliphatic carbocycles. The normalized spacial score (nSPS) is 20.5. The van der Waals surface area contributed by atoms with E-state index in [1.807, 2.05) is 58.1 Å². The van der Waals surface area contributed by atoms with E-state index < -0.39 is 0 Å². The number of hydrogen-bond acceptors (Lipinski definition) is 5. The van der Waals surface area contributed by atoms with Crippen molar-refractivity contribution in [3.05, 3.63) is 70.3 Å². The van der Waals surface area contributed by atoms with E-state index in [0.29, 0.717) is 11.9 Å². The molecule has 1 aromatic heterocycles. The first kappa shape index (κ1) is 17.1. The Kier molecular flexibility index (Phi) is 3.82. The highest BCUT2D eigenvalue weighted by atomic mass is 16.1. The third kappa shape index (κ3) is 2.89. The van der Waals surface area contributed by atoms with E-state index in [4.69, 9.17) is 4.98 Å². The van der Waals surface area contributed by atoms with Gasteiger partial charge in [-0.05, 0) is 41.7 Å². The minimum atomic E-state index is -0.0517. The Morgan fingerprint density at radius 3 is 2.75 bits per heavy atom. The lowest BCUT2D eigenvalue weighted by Gasteiger charge is -2.31. The van der Waals surface area contributed by atoms with E-state index in [2.05, 4.69) is 24.2 Å². The molecule has 6 nitrogen and oxygen atoms in total. The second-order valence-corrected chi connectivity index (χ2v) is 8.50. The summed E-state index contributed by atoms with van der Waals surface area (Å²) >= 11 is 0. The molecule has 0 saturated carbocycles. The molecule has 0 bridgehead atoms. The van der Waals surface area contributed by atoms with E-state index in [1.54, 1.807) is 0 Å². The SMILES string of the molecule is CC1(C)CCc2nc3cc(C4CN(c5ccccc5)N=N4)ccc3c(=O)n2C1. The summed E-state index contributed by atoms with van der Waals surface area (Å²) in [6.45, 7) is 5.83. The van der Waals surface area contributed by atoms with Gasteiger partial charge >= 0.3 is 0 Å². The number of anilines is 1. The van der Waals surface area contributed by atoms with Gasteiger partial charge in [0.25, 0.3) is 5.56 Å². The van der Waals surface area contributed by atoms with Gasteiger partial charge in [-0.15, -0.1) is 0 Å². The quantitative estimate of drug-likeness (QED) is 0.673. The number of para-hydroxylation sites is 1. The Bertz CT molecular complexity index is 1130. The zero-order valence-electron chi connectivity index (χ0n) is 16.2. The van der Waals surface area contributed by atoms with Gasteiger partial charge in [-0.1, -0.05) is 43.3 Å². The van der Waals surface area contributed by atoms with Gasteiger partial charge in [0.15, 0.2) is 0 Å². The van der Waals surface area contributed by atoms with Crippen molar-refractivity contribution in [3.8, 4) is 0 Å². The lowest BCUT2D eigenvalue weighted by atomic mass is 9.85. The first-order valence-corrected chi connectivity index (χ1v) is 9.77. The van der Waals surface area contributed by atoms with Gasteiger partial charge in [0, 0.05) is 13.0 Å². The van der Waals surface area contributed by atoms with E-state index >= 15 is 0 Å². The van der Waals surface area contributed by atoms with Crippen LogP contribution in [-0.4, -0.2) is 16.1 Å². The second-order valence-electron chi connectivity index (χ2n) is 8.50. The molecule has 142 valence electrons. The van der Waals surface area contributed by atoms with Crippen molar-refractivity contribution in [2.24, 2.45) is 15.8 Å². The standard InChI is InChI=1S/C22H23N5O/c1-22(2)11-10-20-23-18-12-15(8-9-17(18)21(28)26(20)14-22)19-13-27(25-24-19)16-6-4-3-5-7-16/h3-9,12,19H,10-11,13-14H2,1-2H3. The number of benzene rings is 2. The monoisotopic (exact) mass is 373 g/mol. The number of nitrogens with zero attached hydrogens (tertiary/aromatic N) is 5. The molecular formula is C22H23N5O. The fourth-order valence-electron chi connectivity index (χ4n) is 4.09. The van der Waals surface area contributed by atoms with Gasteiger partial charge in [0.05, 0.1) is 23.1 Å². The van der Waals surface area contributed by atoms with Crippen molar-refractivity contribution in [3.63, 3.8) is 0 Å². The Morgan fingerprint density at radius 2 is 1.93 bits per heavy atom. The number of rotatable bonds is 2. The zero-order chi connectivity index (χ0) is 19.3. The summed E-state index contributed by atoms with van der Waals surface area (Å²) in [5.41, 5.74) is 3.04. The molecule has 0 N–H and O–H groups in total. The summed E-state index contributed by atoms with van der Waals surface area (Å²) in [5.74, 6) is 0.896. The van der Waals surface area contributed by atoms with Crippen LogP contribution in [0.4, 0.5) is 5.69 Å². The molecule has 2 aliphatic rings. The summed E-state index contributed by atoms with van der Waals surface area (Å²) in [6.07, 6.45) is 1.89. The number of aromatic nitrogens is 2. The fraction of sp³-hybridized carbons (Fsp3) is 0.364. The molecule has 0 fully saturated rings. The summed E-state index contributed by atoms with van der Waals surface area (Å²) in [7, 11) is 0. The van der Waals surface area contributed by atoms with Gasteiger partial charge in [-0.2, -0.15) is 5.11 Å². The molecule has 0 radical (unpaired) electrons. The van der Waals surface area contributed by atoms with Gasteiger partial charge in [-0.3, -0.25) is 9.36 Å². The van der Waals surface area contributed by atoms with Crippen molar-refractivity contribution < 1.29 is 0 Å². The van der Waals surface area contributed by atoms with Crippen LogP contribution in [0, 0.1) is 5.41 Å². The third-order valence-corrected chi connectivity index (χ3v) is 5.75. The maximum Gasteiger partial charge on any atom is 0.261 e. The van der Waals surface area contributed by atoms with Crippen LogP contribution in [0.15, 0.2) is 63.7 Å². The molecule has 0 spiro atoms. The molecular weight excluding hydrogens is 350 g/mol. The zero-order valence-corrected chi connectivity index (χ0v) is 16.2. The minimum absolute atomic E-state index is 0.0517. The molecule has 0 amide bonds. The van der Waals surface area contributed by atoms with Gasteiger partial charge in [0.2, 0.25) is 0 Å². The average molecular weight is 373 g/mol. The molecule has 3 heterocycles. The highest BCUT2D eigenvalue weighted by molar-refractivity contribution is 5.78. The predicted octanol–water partition coefficient (Wildman–Crippen LogP) is 4.30. The summed E-state index contributed by atoms with van der Waals surface area (Å²) < 4.78 is 1.86. The maximum atomic E-state index is 13.0. The highest BCUT2D eigenvalue weighted by Gasteiger charge is 2.28. The summed E-state index contributed by atoms with van der Waals surface area (Å²) in [4.78, 5) is 17.8. The summed E-state index contributed by atoms with van der Waals surface area (Å²) in [5, 5.41) is 11.3. The van der Waals surface area contributed by atoms with Crippen LogP contribution >= 0.6 is 0 Å². The van der Waals surface area contributed by atoms with Crippen LogP contribution in [0.5, 0.6) is 0 Å². The lowest BCUT2D eigenvalue weighted by molar-refractivity contribution is 0.240. The van der Waals surface area contributed by atoms with Crippen molar-refractivity contribution in [2.75, 3.05) is 11.6 Å². The van der Waals surface area contributed by atoms with E-state index in [-0.39, 0.29) is 17.0 Å². The van der Waals surface area contributed by atoms with Crippen molar-refractivity contribution in [1.82, 2.24) is 9.55 Å². The summed E-state index contributed by atoms with van der Waals surface area (Å²) in [6, 6.07) is 15.9. The third-order valence-electron chi connectivity index (χ3n) is 5.75. The topological polar surface area (TPSA) is 62.9 Å². The van der Waals surface area contributed by atoms with Gasteiger partial charge in [-0.25, -0.2) is 9.99 Å². The number of aryl methyl sites for hydroxylation is 1. The Labute approximate surface area is 163 Å². The first-order chi connectivity index (χ1) is 13.5. The van der Waals surface area contributed by atoms with Crippen LogP contribution in [0.2, 0.25) is 0 Å². The van der Waals surface area contributed by atoms with Gasteiger partial charge < -0.3 is 0 Å². The van der Waals surface area contributed by atoms with Crippen LogP contribution in [0.1, 0.15) is 37.7 Å².